The second kappa shape index (κ2) is 9.39. The zero-order valence-corrected chi connectivity index (χ0v) is 17.8. The summed E-state index contributed by atoms with van der Waals surface area (Å²) >= 11 is 3.42. The molecule has 0 saturated carbocycles. The van der Waals surface area contributed by atoms with Crippen LogP contribution in [0.5, 0.6) is 5.75 Å². The van der Waals surface area contributed by atoms with Gasteiger partial charge in [0.05, 0.1) is 4.47 Å². The van der Waals surface area contributed by atoms with Crippen LogP contribution in [0.2, 0.25) is 0 Å². The maximum absolute atomic E-state index is 12.7. The molecule has 0 atom stereocenters. The zero-order valence-electron chi connectivity index (χ0n) is 16.2. The van der Waals surface area contributed by atoms with E-state index in [1.54, 1.807) is 36.2 Å². The Bertz CT molecular complexity index is 1020. The minimum atomic E-state index is -0.307. The van der Waals surface area contributed by atoms with Crippen molar-refractivity contribution >= 4 is 39.1 Å². The SMILES string of the molecule is Cc1ccc(OCC(=O)Nc2cccc(C(=O)N(C)c3ccccc3)c2)c(Br)c1. The molecule has 0 saturated heterocycles. The Morgan fingerprint density at radius 2 is 1.76 bits per heavy atom. The number of amides is 2. The Kier molecular flexibility index (Phi) is 6.67. The van der Waals surface area contributed by atoms with E-state index >= 15 is 0 Å². The van der Waals surface area contributed by atoms with Gasteiger partial charge in [0.2, 0.25) is 0 Å². The standard InChI is InChI=1S/C23H21BrN2O3/c1-16-11-12-21(20(24)13-16)29-15-22(27)25-18-8-6-7-17(14-18)23(28)26(2)19-9-4-3-5-10-19/h3-14H,15H2,1-2H3,(H,25,27). The summed E-state index contributed by atoms with van der Waals surface area (Å²) in [6, 6.07) is 21.9. The molecule has 3 rings (SSSR count). The van der Waals surface area contributed by atoms with Crippen LogP contribution in [-0.2, 0) is 4.79 Å². The number of halogens is 1. The van der Waals surface area contributed by atoms with Crippen molar-refractivity contribution in [2.45, 2.75) is 6.92 Å². The van der Waals surface area contributed by atoms with Crippen molar-refractivity contribution in [3.05, 3.63) is 88.4 Å². The molecule has 0 bridgehead atoms. The molecule has 0 aliphatic carbocycles. The van der Waals surface area contributed by atoms with Gasteiger partial charge < -0.3 is 15.0 Å². The summed E-state index contributed by atoms with van der Waals surface area (Å²) in [6.45, 7) is 1.84. The van der Waals surface area contributed by atoms with Crippen molar-refractivity contribution < 1.29 is 14.3 Å². The van der Waals surface area contributed by atoms with Gasteiger partial charge in [0.15, 0.2) is 6.61 Å². The average Bonchev–Trinajstić information content (AvgIpc) is 2.73. The lowest BCUT2D eigenvalue weighted by molar-refractivity contribution is -0.118. The minimum Gasteiger partial charge on any atom is -0.483 e. The van der Waals surface area contributed by atoms with Crippen LogP contribution in [0, 0.1) is 6.92 Å². The third-order valence-corrected chi connectivity index (χ3v) is 4.91. The Labute approximate surface area is 178 Å². The second-order valence-corrected chi connectivity index (χ2v) is 7.41. The minimum absolute atomic E-state index is 0.135. The molecule has 0 aliphatic heterocycles. The number of ether oxygens (including phenoxy) is 1. The van der Waals surface area contributed by atoms with Crippen LogP contribution in [-0.4, -0.2) is 25.5 Å². The van der Waals surface area contributed by atoms with Crippen molar-refractivity contribution in [1.29, 1.82) is 0 Å². The number of carbonyl (C=O) groups is 2. The number of nitrogens with one attached hydrogen (secondary N) is 1. The first-order chi connectivity index (χ1) is 13.9. The number of hydrogen-bond donors (Lipinski definition) is 1. The number of carbonyl (C=O) groups excluding carboxylic acids is 2. The highest BCUT2D eigenvalue weighted by Gasteiger charge is 2.14. The van der Waals surface area contributed by atoms with E-state index in [1.165, 1.54) is 0 Å². The molecule has 3 aromatic rings. The van der Waals surface area contributed by atoms with Gasteiger partial charge in [-0.25, -0.2) is 0 Å². The first-order valence-electron chi connectivity index (χ1n) is 9.06. The average molecular weight is 453 g/mol. The fourth-order valence-electron chi connectivity index (χ4n) is 2.76. The fourth-order valence-corrected chi connectivity index (χ4v) is 3.36. The summed E-state index contributed by atoms with van der Waals surface area (Å²) in [6.07, 6.45) is 0. The summed E-state index contributed by atoms with van der Waals surface area (Å²) in [5.41, 5.74) is 2.91. The number of anilines is 2. The van der Waals surface area contributed by atoms with Crippen molar-refractivity contribution in [1.82, 2.24) is 0 Å². The molecule has 1 N–H and O–H groups in total. The second-order valence-electron chi connectivity index (χ2n) is 6.55. The van der Waals surface area contributed by atoms with E-state index in [9.17, 15) is 9.59 Å². The number of aryl methyl sites for hydroxylation is 1. The summed E-state index contributed by atoms with van der Waals surface area (Å²) in [7, 11) is 1.72. The molecule has 3 aromatic carbocycles. The Morgan fingerprint density at radius 1 is 1.00 bits per heavy atom. The van der Waals surface area contributed by atoms with Gasteiger partial charge in [-0.2, -0.15) is 0 Å². The van der Waals surface area contributed by atoms with Crippen LogP contribution in [0.1, 0.15) is 15.9 Å². The van der Waals surface area contributed by atoms with Crippen LogP contribution in [0.3, 0.4) is 0 Å². The Balaban J connectivity index is 1.63. The van der Waals surface area contributed by atoms with E-state index in [1.807, 2.05) is 55.5 Å². The van der Waals surface area contributed by atoms with Crippen LogP contribution >= 0.6 is 15.9 Å². The highest BCUT2D eigenvalue weighted by molar-refractivity contribution is 9.10. The van der Waals surface area contributed by atoms with Gasteiger partial charge in [-0.1, -0.05) is 30.3 Å². The van der Waals surface area contributed by atoms with E-state index < -0.39 is 0 Å². The predicted molar refractivity (Wildman–Crippen MR) is 119 cm³/mol. The smallest absolute Gasteiger partial charge is 0.262 e. The highest BCUT2D eigenvalue weighted by atomic mass is 79.9. The van der Waals surface area contributed by atoms with Crippen molar-refractivity contribution in [2.75, 3.05) is 23.9 Å². The summed E-state index contributed by atoms with van der Waals surface area (Å²) in [4.78, 5) is 26.6. The van der Waals surface area contributed by atoms with Crippen molar-refractivity contribution in [2.24, 2.45) is 0 Å². The molecule has 2 amide bonds. The summed E-state index contributed by atoms with van der Waals surface area (Å²) in [5.74, 6) is 0.129. The first-order valence-corrected chi connectivity index (χ1v) is 9.85. The quantitative estimate of drug-likeness (QED) is 0.568. The van der Waals surface area contributed by atoms with Gasteiger partial charge in [0.25, 0.3) is 11.8 Å². The molecular formula is C23H21BrN2O3. The lowest BCUT2D eigenvalue weighted by atomic mass is 10.1. The van der Waals surface area contributed by atoms with Crippen LogP contribution in [0.25, 0.3) is 0 Å². The molecule has 29 heavy (non-hydrogen) atoms. The van der Waals surface area contributed by atoms with E-state index in [2.05, 4.69) is 21.2 Å². The fraction of sp³-hybridized carbons (Fsp3) is 0.130. The monoisotopic (exact) mass is 452 g/mol. The molecule has 0 aliphatic rings. The predicted octanol–water partition coefficient (Wildman–Crippen LogP) is 5.05. The molecule has 5 nitrogen and oxygen atoms in total. The van der Waals surface area contributed by atoms with Crippen LogP contribution in [0.15, 0.2) is 77.3 Å². The highest BCUT2D eigenvalue weighted by Crippen LogP contribution is 2.25. The molecule has 0 aromatic heterocycles. The van der Waals surface area contributed by atoms with E-state index in [-0.39, 0.29) is 18.4 Å². The molecule has 0 fully saturated rings. The molecule has 0 radical (unpaired) electrons. The van der Waals surface area contributed by atoms with E-state index in [0.29, 0.717) is 17.0 Å². The van der Waals surface area contributed by atoms with E-state index in [4.69, 9.17) is 4.74 Å². The van der Waals surface area contributed by atoms with Gasteiger partial charge in [-0.3, -0.25) is 9.59 Å². The molecule has 0 unspecified atom stereocenters. The van der Waals surface area contributed by atoms with Crippen molar-refractivity contribution in [3.63, 3.8) is 0 Å². The molecule has 0 spiro atoms. The third-order valence-electron chi connectivity index (χ3n) is 4.29. The topological polar surface area (TPSA) is 58.6 Å². The molecule has 6 heteroatoms. The summed E-state index contributed by atoms with van der Waals surface area (Å²) in [5, 5.41) is 2.77. The third kappa shape index (κ3) is 5.45. The number of hydrogen-bond acceptors (Lipinski definition) is 3. The maximum atomic E-state index is 12.7. The number of benzene rings is 3. The largest absolute Gasteiger partial charge is 0.483 e. The summed E-state index contributed by atoms with van der Waals surface area (Å²) < 4.78 is 6.36. The van der Waals surface area contributed by atoms with Gasteiger partial charge in [0.1, 0.15) is 5.75 Å². The lowest BCUT2D eigenvalue weighted by Gasteiger charge is -2.17. The number of rotatable bonds is 6. The number of para-hydroxylation sites is 1. The van der Waals surface area contributed by atoms with Gasteiger partial charge in [-0.05, 0) is 70.9 Å². The van der Waals surface area contributed by atoms with Gasteiger partial charge in [-0.15, -0.1) is 0 Å². The molecular weight excluding hydrogens is 432 g/mol. The Morgan fingerprint density at radius 3 is 2.48 bits per heavy atom. The van der Waals surface area contributed by atoms with Gasteiger partial charge >= 0.3 is 0 Å². The van der Waals surface area contributed by atoms with Gasteiger partial charge in [0, 0.05) is 24.0 Å². The molecule has 148 valence electrons. The normalized spacial score (nSPS) is 10.3. The Hall–Kier alpha value is -3.12. The van der Waals surface area contributed by atoms with Crippen molar-refractivity contribution in [3.8, 4) is 5.75 Å². The molecule has 0 heterocycles. The maximum Gasteiger partial charge on any atom is 0.262 e. The first kappa shape index (κ1) is 20.6. The number of nitrogens with zero attached hydrogens (tertiary/aromatic N) is 1. The van der Waals surface area contributed by atoms with Crippen LogP contribution in [0.4, 0.5) is 11.4 Å². The zero-order chi connectivity index (χ0) is 20.8. The van der Waals surface area contributed by atoms with E-state index in [0.717, 1.165) is 15.7 Å². The lowest BCUT2D eigenvalue weighted by Crippen LogP contribution is -2.26. The van der Waals surface area contributed by atoms with Crippen LogP contribution < -0.4 is 15.0 Å².